The third kappa shape index (κ3) is 4.46. The molecule has 0 aliphatic heterocycles. The smallest absolute Gasteiger partial charge is 0.246 e. The zero-order valence-electron chi connectivity index (χ0n) is 11.3. The minimum Gasteiger partial charge on any atom is -0.398 e. The first-order valence-corrected chi connectivity index (χ1v) is 7.52. The molecular formula is C12H18FN3O3S. The van der Waals surface area contributed by atoms with Crippen LogP contribution in [0, 0.1) is 11.7 Å². The zero-order chi connectivity index (χ0) is 15.3. The second-order valence-corrected chi connectivity index (χ2v) is 6.38. The molecule has 1 aromatic carbocycles. The molecule has 0 atom stereocenters. The molecule has 0 unspecified atom stereocenters. The molecule has 0 radical (unpaired) electrons. The number of anilines is 1. The molecule has 1 rings (SSSR count). The third-order valence-electron chi connectivity index (χ3n) is 2.40. The summed E-state index contributed by atoms with van der Waals surface area (Å²) >= 11 is 0. The van der Waals surface area contributed by atoms with Gasteiger partial charge in [0.15, 0.2) is 0 Å². The van der Waals surface area contributed by atoms with E-state index < -0.39 is 33.2 Å². The number of nitrogens with one attached hydrogen (secondary N) is 2. The van der Waals surface area contributed by atoms with Crippen molar-refractivity contribution >= 4 is 21.6 Å². The van der Waals surface area contributed by atoms with Crippen LogP contribution >= 0.6 is 0 Å². The molecule has 1 amide bonds. The summed E-state index contributed by atoms with van der Waals surface area (Å²) < 4.78 is 39.4. The molecule has 0 aromatic heterocycles. The van der Waals surface area contributed by atoms with E-state index in [1.165, 1.54) is 12.1 Å². The molecule has 0 heterocycles. The van der Waals surface area contributed by atoms with Gasteiger partial charge in [0.1, 0.15) is 10.7 Å². The van der Waals surface area contributed by atoms with Gasteiger partial charge in [-0.25, -0.2) is 17.5 Å². The van der Waals surface area contributed by atoms with Crippen LogP contribution in [0.3, 0.4) is 0 Å². The Bertz CT molecular complexity index is 567. The molecule has 0 saturated heterocycles. The van der Waals surface area contributed by atoms with Crippen molar-refractivity contribution in [3.8, 4) is 0 Å². The Morgan fingerprint density at radius 3 is 2.60 bits per heavy atom. The van der Waals surface area contributed by atoms with Gasteiger partial charge < -0.3 is 11.1 Å². The van der Waals surface area contributed by atoms with Crippen LogP contribution in [0.15, 0.2) is 23.1 Å². The van der Waals surface area contributed by atoms with Crippen molar-refractivity contribution in [1.29, 1.82) is 0 Å². The summed E-state index contributed by atoms with van der Waals surface area (Å²) in [7, 11) is -4.17. The fourth-order valence-corrected chi connectivity index (χ4v) is 2.59. The highest BCUT2D eigenvalue weighted by Crippen LogP contribution is 2.20. The normalized spacial score (nSPS) is 11.6. The van der Waals surface area contributed by atoms with Crippen molar-refractivity contribution in [3.63, 3.8) is 0 Å². The lowest BCUT2D eigenvalue weighted by molar-refractivity contribution is -0.120. The van der Waals surface area contributed by atoms with Gasteiger partial charge in [-0.05, 0) is 18.1 Å². The van der Waals surface area contributed by atoms with Crippen LogP contribution in [0.25, 0.3) is 0 Å². The summed E-state index contributed by atoms with van der Waals surface area (Å²) in [6, 6.07) is 3.57. The molecule has 8 heteroatoms. The number of hydrogen-bond acceptors (Lipinski definition) is 4. The molecule has 0 aliphatic carbocycles. The number of nitrogen functional groups attached to an aromatic ring is 1. The number of carbonyl (C=O) groups is 1. The summed E-state index contributed by atoms with van der Waals surface area (Å²) in [5, 5.41) is 2.54. The van der Waals surface area contributed by atoms with Gasteiger partial charge in [-0.2, -0.15) is 0 Å². The van der Waals surface area contributed by atoms with E-state index in [0.717, 1.165) is 6.07 Å². The van der Waals surface area contributed by atoms with Crippen molar-refractivity contribution < 1.29 is 17.6 Å². The van der Waals surface area contributed by atoms with Crippen molar-refractivity contribution in [2.75, 3.05) is 18.8 Å². The van der Waals surface area contributed by atoms with Crippen LogP contribution in [0.2, 0.25) is 0 Å². The van der Waals surface area contributed by atoms with Crippen LogP contribution in [-0.2, 0) is 14.8 Å². The van der Waals surface area contributed by atoms with E-state index in [2.05, 4.69) is 5.32 Å². The quantitative estimate of drug-likeness (QED) is 0.664. The third-order valence-corrected chi connectivity index (χ3v) is 3.89. The molecule has 20 heavy (non-hydrogen) atoms. The van der Waals surface area contributed by atoms with Crippen molar-refractivity contribution in [3.05, 3.63) is 24.0 Å². The molecule has 0 fully saturated rings. The van der Waals surface area contributed by atoms with Gasteiger partial charge in [0.05, 0.1) is 12.2 Å². The lowest BCUT2D eigenvalue weighted by Gasteiger charge is -2.11. The van der Waals surface area contributed by atoms with Gasteiger partial charge in [0.2, 0.25) is 15.9 Å². The van der Waals surface area contributed by atoms with Crippen LogP contribution in [-0.4, -0.2) is 27.4 Å². The summed E-state index contributed by atoms with van der Waals surface area (Å²) in [5.41, 5.74) is 5.24. The molecule has 4 N–H and O–H groups in total. The van der Waals surface area contributed by atoms with Crippen molar-refractivity contribution in [2.24, 2.45) is 5.92 Å². The molecule has 112 valence electrons. The highest BCUT2D eigenvalue weighted by atomic mass is 32.2. The highest BCUT2D eigenvalue weighted by Gasteiger charge is 2.22. The van der Waals surface area contributed by atoms with Gasteiger partial charge >= 0.3 is 0 Å². The van der Waals surface area contributed by atoms with Crippen LogP contribution in [0.1, 0.15) is 13.8 Å². The Balaban J connectivity index is 2.74. The monoisotopic (exact) mass is 303 g/mol. The Morgan fingerprint density at radius 1 is 1.40 bits per heavy atom. The number of benzene rings is 1. The largest absolute Gasteiger partial charge is 0.398 e. The Morgan fingerprint density at radius 2 is 2.05 bits per heavy atom. The van der Waals surface area contributed by atoms with Crippen molar-refractivity contribution in [1.82, 2.24) is 10.0 Å². The number of nitrogens with two attached hydrogens (primary N) is 1. The summed E-state index contributed by atoms with van der Waals surface area (Å²) in [6.45, 7) is 3.78. The molecule has 0 bridgehead atoms. The number of rotatable bonds is 6. The van der Waals surface area contributed by atoms with E-state index in [0.29, 0.717) is 6.54 Å². The van der Waals surface area contributed by atoms with Crippen molar-refractivity contribution in [2.45, 2.75) is 18.7 Å². The minimum atomic E-state index is -4.17. The predicted molar refractivity (Wildman–Crippen MR) is 73.8 cm³/mol. The van der Waals surface area contributed by atoms with Gasteiger partial charge in [0.25, 0.3) is 0 Å². The van der Waals surface area contributed by atoms with Gasteiger partial charge in [0, 0.05) is 6.54 Å². The first-order chi connectivity index (χ1) is 9.24. The molecular weight excluding hydrogens is 285 g/mol. The first kappa shape index (κ1) is 16.4. The van der Waals surface area contributed by atoms with E-state index in [4.69, 9.17) is 5.73 Å². The summed E-state index contributed by atoms with van der Waals surface area (Å²) in [6.07, 6.45) is 0. The summed E-state index contributed by atoms with van der Waals surface area (Å²) in [4.78, 5) is 10.8. The number of hydrogen-bond donors (Lipinski definition) is 3. The van der Waals surface area contributed by atoms with E-state index in [-0.39, 0.29) is 11.6 Å². The standard InChI is InChI=1S/C12H18FN3O3S/c1-8(2)6-15-11(17)7-16-20(18,19)12-9(13)4-3-5-10(12)14/h3-5,8,16H,6-7,14H2,1-2H3,(H,15,17). The topological polar surface area (TPSA) is 101 Å². The SMILES string of the molecule is CC(C)CNC(=O)CNS(=O)(=O)c1c(N)cccc1F. The van der Waals surface area contributed by atoms with E-state index in [9.17, 15) is 17.6 Å². The first-order valence-electron chi connectivity index (χ1n) is 6.04. The Hall–Kier alpha value is -1.67. The van der Waals surface area contributed by atoms with Crippen LogP contribution < -0.4 is 15.8 Å². The average molecular weight is 303 g/mol. The van der Waals surface area contributed by atoms with E-state index in [1.807, 2.05) is 18.6 Å². The number of sulfonamides is 1. The van der Waals surface area contributed by atoms with Gasteiger partial charge in [-0.1, -0.05) is 19.9 Å². The molecule has 6 nitrogen and oxygen atoms in total. The fourth-order valence-electron chi connectivity index (χ4n) is 1.42. The zero-order valence-corrected chi connectivity index (χ0v) is 12.1. The predicted octanol–water partition coefficient (Wildman–Crippen LogP) is 0.458. The number of carbonyl (C=O) groups excluding carboxylic acids is 1. The molecule has 0 aliphatic rings. The van der Waals surface area contributed by atoms with E-state index >= 15 is 0 Å². The number of halogens is 1. The maximum Gasteiger partial charge on any atom is 0.246 e. The second kappa shape index (κ2) is 6.67. The fraction of sp³-hybridized carbons (Fsp3) is 0.417. The molecule has 0 spiro atoms. The average Bonchev–Trinajstić information content (AvgIpc) is 2.33. The van der Waals surface area contributed by atoms with Gasteiger partial charge in [-0.15, -0.1) is 0 Å². The molecule has 0 saturated carbocycles. The maximum atomic E-state index is 13.5. The molecule has 1 aromatic rings. The lowest BCUT2D eigenvalue weighted by atomic mass is 10.2. The van der Waals surface area contributed by atoms with E-state index in [1.54, 1.807) is 0 Å². The van der Waals surface area contributed by atoms with Crippen LogP contribution in [0.4, 0.5) is 10.1 Å². The van der Waals surface area contributed by atoms with Gasteiger partial charge in [-0.3, -0.25) is 4.79 Å². The highest BCUT2D eigenvalue weighted by molar-refractivity contribution is 7.89. The number of amides is 1. The Labute approximate surface area is 117 Å². The lowest BCUT2D eigenvalue weighted by Crippen LogP contribution is -2.38. The van der Waals surface area contributed by atoms with Crippen LogP contribution in [0.5, 0.6) is 0 Å². The summed E-state index contributed by atoms with van der Waals surface area (Å²) in [5.74, 6) is -1.20. The second-order valence-electron chi connectivity index (χ2n) is 4.68. The minimum absolute atomic E-state index is 0.208. The maximum absolute atomic E-state index is 13.5. The Kier molecular flexibility index (Phi) is 5.46.